The van der Waals surface area contributed by atoms with Gasteiger partial charge in [0, 0.05) is 13.2 Å². The van der Waals surface area contributed by atoms with E-state index in [9.17, 15) is 9.90 Å². The van der Waals surface area contributed by atoms with Crippen molar-refractivity contribution in [2.45, 2.75) is 6.92 Å². The van der Waals surface area contributed by atoms with Gasteiger partial charge in [0.2, 0.25) is 5.88 Å². The second kappa shape index (κ2) is 6.45. The minimum Gasteiger partial charge on any atom is -0.493 e. The molecule has 0 aliphatic carbocycles. The third kappa shape index (κ3) is 2.93. The lowest BCUT2D eigenvalue weighted by atomic mass is 10.1. The molecule has 0 radical (unpaired) electrons. The monoisotopic (exact) mass is 333 g/mol. The second-order valence-corrected chi connectivity index (χ2v) is 5.42. The predicted molar refractivity (Wildman–Crippen MR) is 91.3 cm³/mol. The molecule has 7 heteroatoms. The molecule has 0 fully saturated rings. The molecule has 0 spiro atoms. The molecule has 2 aromatic heterocycles. The SMILES string of the molecule is CNC(=O)c1cnc(-n2ncc(-c3ccc(C#N)cc3)c2O)cc1C. The number of aromatic hydroxyl groups is 1. The van der Waals surface area contributed by atoms with Crippen LogP contribution in [0.1, 0.15) is 21.5 Å². The van der Waals surface area contributed by atoms with E-state index in [1.54, 1.807) is 44.3 Å². The molecule has 1 amide bonds. The molecule has 124 valence electrons. The van der Waals surface area contributed by atoms with Crippen molar-refractivity contribution in [1.82, 2.24) is 20.1 Å². The second-order valence-electron chi connectivity index (χ2n) is 5.42. The Morgan fingerprint density at radius 3 is 2.60 bits per heavy atom. The average Bonchev–Trinajstić information content (AvgIpc) is 3.02. The van der Waals surface area contributed by atoms with Crippen LogP contribution in [0.25, 0.3) is 16.9 Å². The van der Waals surface area contributed by atoms with Crippen molar-refractivity contribution < 1.29 is 9.90 Å². The van der Waals surface area contributed by atoms with Crippen LogP contribution in [0.4, 0.5) is 0 Å². The van der Waals surface area contributed by atoms with E-state index in [0.29, 0.717) is 22.5 Å². The molecule has 0 saturated carbocycles. The number of carbonyl (C=O) groups is 1. The molecule has 25 heavy (non-hydrogen) atoms. The summed E-state index contributed by atoms with van der Waals surface area (Å²) in [6.07, 6.45) is 2.98. The van der Waals surface area contributed by atoms with Crippen molar-refractivity contribution >= 4 is 5.91 Å². The van der Waals surface area contributed by atoms with Gasteiger partial charge in [-0.1, -0.05) is 12.1 Å². The number of carbonyl (C=O) groups excluding carboxylic acids is 1. The molecule has 2 heterocycles. The minimum atomic E-state index is -0.223. The summed E-state index contributed by atoms with van der Waals surface area (Å²) < 4.78 is 1.30. The van der Waals surface area contributed by atoms with Gasteiger partial charge in [0.25, 0.3) is 5.91 Å². The first kappa shape index (κ1) is 16.2. The van der Waals surface area contributed by atoms with Crippen molar-refractivity contribution in [2.24, 2.45) is 0 Å². The number of hydrogen-bond acceptors (Lipinski definition) is 5. The summed E-state index contributed by atoms with van der Waals surface area (Å²) in [6, 6.07) is 10.6. The smallest absolute Gasteiger partial charge is 0.252 e. The van der Waals surface area contributed by atoms with Gasteiger partial charge >= 0.3 is 0 Å². The quantitative estimate of drug-likeness (QED) is 0.764. The van der Waals surface area contributed by atoms with Gasteiger partial charge < -0.3 is 10.4 Å². The van der Waals surface area contributed by atoms with E-state index in [2.05, 4.69) is 21.5 Å². The standard InChI is InChI=1S/C18H15N5O2/c1-11-7-16(21-9-14(11)17(24)20-2)23-18(25)15(10-22-23)13-5-3-12(8-19)4-6-13/h3-7,9-10,25H,1-2H3,(H,20,24). The number of aryl methyl sites for hydroxylation is 1. The number of pyridine rings is 1. The van der Waals surface area contributed by atoms with E-state index >= 15 is 0 Å². The maximum absolute atomic E-state index is 11.7. The number of rotatable bonds is 3. The van der Waals surface area contributed by atoms with E-state index < -0.39 is 0 Å². The van der Waals surface area contributed by atoms with Crippen LogP contribution >= 0.6 is 0 Å². The highest BCUT2D eigenvalue weighted by Gasteiger charge is 2.16. The lowest BCUT2D eigenvalue weighted by Gasteiger charge is -2.08. The van der Waals surface area contributed by atoms with Gasteiger partial charge in [-0.3, -0.25) is 4.79 Å². The zero-order valence-electron chi connectivity index (χ0n) is 13.7. The Hall–Kier alpha value is -3.66. The Morgan fingerprint density at radius 1 is 1.28 bits per heavy atom. The van der Waals surface area contributed by atoms with Gasteiger partial charge in [-0.25, -0.2) is 4.98 Å². The van der Waals surface area contributed by atoms with Gasteiger partial charge in [-0.2, -0.15) is 15.0 Å². The fourth-order valence-corrected chi connectivity index (χ4v) is 2.47. The summed E-state index contributed by atoms with van der Waals surface area (Å²) in [5, 5.41) is 26.1. The molecular weight excluding hydrogens is 318 g/mol. The number of nitrogens with zero attached hydrogens (tertiary/aromatic N) is 4. The van der Waals surface area contributed by atoms with Crippen molar-refractivity contribution in [3.8, 4) is 28.9 Å². The third-order valence-corrected chi connectivity index (χ3v) is 3.85. The average molecular weight is 333 g/mol. The van der Waals surface area contributed by atoms with Crippen molar-refractivity contribution in [3.05, 3.63) is 59.4 Å². The van der Waals surface area contributed by atoms with Gasteiger partial charge in [0.15, 0.2) is 5.82 Å². The van der Waals surface area contributed by atoms with E-state index in [1.165, 1.54) is 17.1 Å². The van der Waals surface area contributed by atoms with Crippen molar-refractivity contribution in [3.63, 3.8) is 0 Å². The lowest BCUT2D eigenvalue weighted by molar-refractivity contribution is 0.0962. The number of nitriles is 1. The predicted octanol–water partition coefficient (Wildman–Crippen LogP) is 2.18. The fourth-order valence-electron chi connectivity index (χ4n) is 2.47. The number of hydrogen-bond donors (Lipinski definition) is 2. The Labute approximate surface area is 144 Å². The van der Waals surface area contributed by atoms with Crippen molar-refractivity contribution in [2.75, 3.05) is 7.05 Å². The molecule has 3 aromatic rings. The Bertz CT molecular complexity index is 984. The molecule has 0 aliphatic rings. The fraction of sp³-hybridized carbons (Fsp3) is 0.111. The zero-order chi connectivity index (χ0) is 18.0. The van der Waals surface area contributed by atoms with Gasteiger partial charge in [-0.15, -0.1) is 0 Å². The summed E-state index contributed by atoms with van der Waals surface area (Å²) >= 11 is 0. The number of benzene rings is 1. The van der Waals surface area contributed by atoms with Gasteiger partial charge in [0.05, 0.1) is 29.0 Å². The molecule has 1 aromatic carbocycles. The maximum Gasteiger partial charge on any atom is 0.252 e. The Morgan fingerprint density at radius 2 is 2.00 bits per heavy atom. The first-order valence-electron chi connectivity index (χ1n) is 7.51. The first-order chi connectivity index (χ1) is 12.0. The summed E-state index contributed by atoms with van der Waals surface area (Å²) in [4.78, 5) is 16.0. The molecule has 0 unspecified atom stereocenters. The molecule has 3 rings (SSSR count). The molecule has 0 bridgehead atoms. The highest BCUT2D eigenvalue weighted by molar-refractivity contribution is 5.95. The summed E-state index contributed by atoms with van der Waals surface area (Å²) in [5.74, 6) is 0.117. The third-order valence-electron chi connectivity index (χ3n) is 3.85. The number of nitrogens with one attached hydrogen (secondary N) is 1. The van der Waals surface area contributed by atoms with Gasteiger partial charge in [-0.05, 0) is 36.2 Å². The maximum atomic E-state index is 11.7. The Balaban J connectivity index is 1.99. The highest BCUT2D eigenvalue weighted by atomic mass is 16.3. The lowest BCUT2D eigenvalue weighted by Crippen LogP contribution is -2.19. The topological polar surface area (TPSA) is 104 Å². The van der Waals surface area contributed by atoms with Crippen LogP contribution < -0.4 is 5.32 Å². The van der Waals surface area contributed by atoms with E-state index in [-0.39, 0.29) is 11.8 Å². The molecule has 2 N–H and O–H groups in total. The largest absolute Gasteiger partial charge is 0.493 e. The van der Waals surface area contributed by atoms with Crippen LogP contribution in [0.3, 0.4) is 0 Å². The van der Waals surface area contributed by atoms with Crippen LogP contribution in [-0.2, 0) is 0 Å². The van der Waals surface area contributed by atoms with E-state index in [4.69, 9.17) is 5.26 Å². The molecule has 0 saturated heterocycles. The van der Waals surface area contributed by atoms with Crippen LogP contribution in [0, 0.1) is 18.3 Å². The van der Waals surface area contributed by atoms with Crippen LogP contribution in [0.5, 0.6) is 5.88 Å². The zero-order valence-corrected chi connectivity index (χ0v) is 13.7. The summed E-state index contributed by atoms with van der Waals surface area (Å²) in [6.45, 7) is 1.79. The summed E-state index contributed by atoms with van der Waals surface area (Å²) in [7, 11) is 1.55. The molecule has 7 nitrogen and oxygen atoms in total. The minimum absolute atomic E-state index is 0.0655. The van der Waals surface area contributed by atoms with Crippen LogP contribution in [0.2, 0.25) is 0 Å². The van der Waals surface area contributed by atoms with Crippen molar-refractivity contribution in [1.29, 1.82) is 5.26 Å². The van der Waals surface area contributed by atoms with Gasteiger partial charge in [0.1, 0.15) is 0 Å². The number of amides is 1. The van der Waals surface area contributed by atoms with E-state index in [0.717, 1.165) is 11.1 Å². The highest BCUT2D eigenvalue weighted by Crippen LogP contribution is 2.30. The number of aromatic nitrogens is 3. The van der Waals surface area contributed by atoms with Crippen LogP contribution in [0.15, 0.2) is 42.7 Å². The molecule has 0 atom stereocenters. The first-order valence-corrected chi connectivity index (χ1v) is 7.51. The Kier molecular flexibility index (Phi) is 4.18. The van der Waals surface area contributed by atoms with E-state index in [1.807, 2.05) is 0 Å². The summed E-state index contributed by atoms with van der Waals surface area (Å²) in [5.41, 5.74) is 2.99. The molecule has 0 aliphatic heterocycles. The van der Waals surface area contributed by atoms with Crippen LogP contribution in [-0.4, -0.2) is 32.8 Å². The molecular formula is C18H15N5O2. The normalized spacial score (nSPS) is 10.3.